The number of nitrogens with one attached hydrogen (secondary N) is 1. The molecule has 0 aliphatic heterocycles. The van der Waals surface area contributed by atoms with Crippen LogP contribution in [0.1, 0.15) is 29.5 Å². The van der Waals surface area contributed by atoms with Crippen LogP contribution < -0.4 is 11.1 Å². The van der Waals surface area contributed by atoms with E-state index in [-0.39, 0.29) is 36.8 Å². The van der Waals surface area contributed by atoms with Crippen LogP contribution in [0, 0.1) is 6.92 Å². The molecule has 1 amide bonds. The molecule has 2 heterocycles. The molecule has 0 fully saturated rings. The molecule has 0 spiro atoms. The number of hydrogen-bond donors (Lipinski definition) is 2. The summed E-state index contributed by atoms with van der Waals surface area (Å²) in [4.78, 5) is 16.7. The van der Waals surface area contributed by atoms with Crippen molar-refractivity contribution in [2.24, 2.45) is 5.73 Å². The number of halogens is 2. The number of fused-ring (bicyclic) bond motifs is 1. The first kappa shape index (κ1) is 21.8. The van der Waals surface area contributed by atoms with Crippen molar-refractivity contribution in [2.45, 2.75) is 26.3 Å². The number of nitrogens with two attached hydrogens (primary N) is 1. The van der Waals surface area contributed by atoms with E-state index < -0.39 is 0 Å². The lowest BCUT2D eigenvalue weighted by Gasteiger charge is -2.08. The van der Waals surface area contributed by atoms with Crippen molar-refractivity contribution in [2.75, 3.05) is 6.54 Å². The minimum Gasteiger partial charge on any atom is -0.351 e. The van der Waals surface area contributed by atoms with E-state index in [1.807, 2.05) is 44.2 Å². The molecule has 1 aromatic carbocycles. The number of amides is 1. The van der Waals surface area contributed by atoms with Gasteiger partial charge in [-0.1, -0.05) is 23.4 Å². The highest BCUT2D eigenvalue weighted by molar-refractivity contribution is 5.93. The third-order valence-corrected chi connectivity index (χ3v) is 3.83. The quantitative estimate of drug-likeness (QED) is 0.689. The van der Waals surface area contributed by atoms with E-state index in [0.717, 1.165) is 16.6 Å². The third-order valence-electron chi connectivity index (χ3n) is 3.83. The van der Waals surface area contributed by atoms with E-state index in [1.54, 1.807) is 10.9 Å². The summed E-state index contributed by atoms with van der Waals surface area (Å²) in [5, 5.41) is 12.0. The standard InChI is InChI=1S/C17H20N6O.2ClH/c1-11(18)8-10-20-17(24)15-12(2)23(22-21-15)14-7-3-5-13-6-4-9-19-16(13)14;;/h3-7,9,11H,8,10,18H2,1-2H3,(H,20,24);2*1H. The first-order chi connectivity index (χ1) is 11.6. The summed E-state index contributed by atoms with van der Waals surface area (Å²) in [5.74, 6) is -0.243. The Morgan fingerprint density at radius 3 is 2.73 bits per heavy atom. The molecule has 0 aliphatic rings. The largest absolute Gasteiger partial charge is 0.351 e. The highest BCUT2D eigenvalue weighted by atomic mass is 35.5. The molecular weight excluding hydrogens is 375 g/mol. The molecule has 26 heavy (non-hydrogen) atoms. The number of aromatic nitrogens is 4. The molecule has 7 nitrogen and oxygen atoms in total. The van der Waals surface area contributed by atoms with Crippen LogP contribution in [0.3, 0.4) is 0 Å². The van der Waals surface area contributed by atoms with E-state index >= 15 is 0 Å². The monoisotopic (exact) mass is 396 g/mol. The van der Waals surface area contributed by atoms with Gasteiger partial charge in [0.15, 0.2) is 5.69 Å². The number of carbonyl (C=O) groups is 1. The Labute approximate surface area is 164 Å². The summed E-state index contributed by atoms with van der Waals surface area (Å²) in [6.07, 6.45) is 2.45. The lowest BCUT2D eigenvalue weighted by atomic mass is 10.2. The zero-order valence-corrected chi connectivity index (χ0v) is 16.2. The Kier molecular flexibility index (Phi) is 7.95. The molecule has 0 radical (unpaired) electrons. The van der Waals surface area contributed by atoms with Crippen molar-refractivity contribution in [3.05, 3.63) is 47.9 Å². The lowest BCUT2D eigenvalue weighted by Crippen LogP contribution is -2.29. The fraction of sp³-hybridized carbons (Fsp3) is 0.294. The number of para-hydroxylation sites is 1. The molecule has 3 rings (SSSR count). The molecule has 1 atom stereocenters. The summed E-state index contributed by atoms with van der Waals surface area (Å²) in [7, 11) is 0. The average Bonchev–Trinajstić information content (AvgIpc) is 2.95. The van der Waals surface area contributed by atoms with E-state index in [9.17, 15) is 4.79 Å². The Bertz CT molecular complexity index is 875. The second-order valence-corrected chi connectivity index (χ2v) is 5.81. The van der Waals surface area contributed by atoms with Crippen molar-refractivity contribution in [3.8, 4) is 5.69 Å². The van der Waals surface area contributed by atoms with Crippen LogP contribution in [0.2, 0.25) is 0 Å². The van der Waals surface area contributed by atoms with Gasteiger partial charge in [0.25, 0.3) is 5.91 Å². The third kappa shape index (κ3) is 4.49. The topological polar surface area (TPSA) is 98.7 Å². The Hall–Kier alpha value is -2.22. The van der Waals surface area contributed by atoms with Gasteiger partial charge in [-0.05, 0) is 32.4 Å². The second kappa shape index (κ2) is 9.47. The maximum Gasteiger partial charge on any atom is 0.273 e. The number of benzene rings is 1. The van der Waals surface area contributed by atoms with Gasteiger partial charge in [-0.2, -0.15) is 0 Å². The van der Waals surface area contributed by atoms with E-state index in [4.69, 9.17) is 5.73 Å². The average molecular weight is 397 g/mol. The summed E-state index contributed by atoms with van der Waals surface area (Å²) >= 11 is 0. The van der Waals surface area contributed by atoms with Gasteiger partial charge < -0.3 is 11.1 Å². The number of pyridine rings is 1. The predicted molar refractivity (Wildman–Crippen MR) is 106 cm³/mol. The van der Waals surface area contributed by atoms with Crippen molar-refractivity contribution < 1.29 is 4.79 Å². The van der Waals surface area contributed by atoms with Crippen LogP contribution in [0.4, 0.5) is 0 Å². The van der Waals surface area contributed by atoms with Gasteiger partial charge >= 0.3 is 0 Å². The second-order valence-electron chi connectivity index (χ2n) is 5.81. The zero-order valence-electron chi connectivity index (χ0n) is 14.5. The number of nitrogens with zero attached hydrogens (tertiary/aromatic N) is 4. The van der Waals surface area contributed by atoms with Crippen LogP contribution >= 0.6 is 24.8 Å². The fourth-order valence-corrected chi connectivity index (χ4v) is 2.52. The van der Waals surface area contributed by atoms with Crippen LogP contribution in [0.5, 0.6) is 0 Å². The van der Waals surface area contributed by atoms with Gasteiger partial charge in [0.05, 0.1) is 16.9 Å². The molecule has 9 heteroatoms. The molecule has 0 aliphatic carbocycles. The summed E-state index contributed by atoms with van der Waals surface area (Å²) < 4.78 is 1.65. The SMILES string of the molecule is Cc1c(C(=O)NCCC(C)N)nnn1-c1cccc2cccnc12.Cl.Cl. The van der Waals surface area contributed by atoms with Gasteiger partial charge in [0.1, 0.15) is 0 Å². The minimum absolute atomic E-state index is 0. The van der Waals surface area contributed by atoms with E-state index in [2.05, 4.69) is 20.6 Å². The summed E-state index contributed by atoms with van der Waals surface area (Å²) in [6.45, 7) is 4.24. The van der Waals surface area contributed by atoms with Gasteiger partial charge in [-0.25, -0.2) is 4.68 Å². The van der Waals surface area contributed by atoms with Gasteiger partial charge in [-0.15, -0.1) is 29.9 Å². The number of rotatable bonds is 5. The molecule has 0 saturated carbocycles. The maximum atomic E-state index is 12.3. The molecular formula is C17H22Cl2N6O. The molecule has 0 saturated heterocycles. The van der Waals surface area contributed by atoms with Crippen molar-refractivity contribution in [1.29, 1.82) is 0 Å². The van der Waals surface area contributed by atoms with Crippen LogP contribution in [0.15, 0.2) is 36.5 Å². The molecule has 140 valence electrons. The van der Waals surface area contributed by atoms with Crippen LogP contribution in [-0.2, 0) is 0 Å². The van der Waals surface area contributed by atoms with Crippen molar-refractivity contribution in [3.63, 3.8) is 0 Å². The normalized spacial score (nSPS) is 11.3. The predicted octanol–water partition coefficient (Wildman–Crippen LogP) is 2.43. The van der Waals surface area contributed by atoms with E-state index in [1.165, 1.54) is 0 Å². The number of carbonyl (C=O) groups excluding carboxylic acids is 1. The lowest BCUT2D eigenvalue weighted by molar-refractivity contribution is 0.0947. The summed E-state index contributed by atoms with van der Waals surface area (Å²) in [5.41, 5.74) is 8.29. The maximum absolute atomic E-state index is 12.3. The first-order valence-corrected chi connectivity index (χ1v) is 7.88. The van der Waals surface area contributed by atoms with Crippen LogP contribution in [-0.4, -0.2) is 38.5 Å². The molecule has 3 N–H and O–H groups in total. The van der Waals surface area contributed by atoms with Gasteiger partial charge in [0, 0.05) is 24.2 Å². The molecule has 1 unspecified atom stereocenters. The highest BCUT2D eigenvalue weighted by Crippen LogP contribution is 2.21. The van der Waals surface area contributed by atoms with Crippen molar-refractivity contribution >= 4 is 41.6 Å². The fourth-order valence-electron chi connectivity index (χ4n) is 2.52. The van der Waals surface area contributed by atoms with Crippen LogP contribution in [0.25, 0.3) is 16.6 Å². The van der Waals surface area contributed by atoms with E-state index in [0.29, 0.717) is 24.4 Å². The molecule has 0 bridgehead atoms. The van der Waals surface area contributed by atoms with Crippen molar-refractivity contribution in [1.82, 2.24) is 25.3 Å². The Morgan fingerprint density at radius 2 is 2.00 bits per heavy atom. The minimum atomic E-state index is -0.243. The Balaban J connectivity index is 0.00000169. The Morgan fingerprint density at radius 1 is 1.27 bits per heavy atom. The first-order valence-electron chi connectivity index (χ1n) is 7.88. The van der Waals surface area contributed by atoms with Gasteiger partial charge in [-0.3, -0.25) is 9.78 Å². The number of hydrogen-bond acceptors (Lipinski definition) is 5. The molecule has 2 aromatic heterocycles. The zero-order chi connectivity index (χ0) is 17.1. The smallest absolute Gasteiger partial charge is 0.273 e. The highest BCUT2D eigenvalue weighted by Gasteiger charge is 2.18. The summed E-state index contributed by atoms with van der Waals surface area (Å²) in [6, 6.07) is 9.75. The van der Waals surface area contributed by atoms with Gasteiger partial charge in [0.2, 0.25) is 0 Å². The molecule has 3 aromatic rings.